The molecule has 3 aliphatic rings. The van der Waals surface area contributed by atoms with E-state index in [-0.39, 0.29) is 5.78 Å². The molecule has 158 valence electrons. The first-order valence-corrected chi connectivity index (χ1v) is 11.3. The Labute approximate surface area is 178 Å². The van der Waals surface area contributed by atoms with Gasteiger partial charge in [0.2, 0.25) is 0 Å². The van der Waals surface area contributed by atoms with Crippen LogP contribution in [0.15, 0.2) is 36.4 Å². The van der Waals surface area contributed by atoms with Crippen LogP contribution in [0.2, 0.25) is 0 Å². The van der Waals surface area contributed by atoms with Crippen LogP contribution in [-0.2, 0) is 0 Å². The van der Waals surface area contributed by atoms with Crippen molar-refractivity contribution in [2.75, 3.05) is 52.5 Å². The van der Waals surface area contributed by atoms with Gasteiger partial charge in [-0.25, -0.2) is 0 Å². The molecule has 0 aromatic heterocycles. The van der Waals surface area contributed by atoms with Gasteiger partial charge in [-0.05, 0) is 99.4 Å². The van der Waals surface area contributed by atoms with E-state index in [4.69, 9.17) is 9.47 Å². The highest BCUT2D eigenvalue weighted by Crippen LogP contribution is 2.40. The lowest BCUT2D eigenvalue weighted by Gasteiger charge is -2.15. The Morgan fingerprint density at radius 3 is 1.50 bits per heavy atom. The minimum absolute atomic E-state index is 0.0900. The van der Waals surface area contributed by atoms with E-state index in [0.29, 0.717) is 13.2 Å². The first-order valence-electron chi connectivity index (χ1n) is 11.3. The van der Waals surface area contributed by atoms with Gasteiger partial charge in [0.25, 0.3) is 0 Å². The number of fused-ring (bicyclic) bond motifs is 3. The molecule has 2 aliphatic heterocycles. The maximum absolute atomic E-state index is 12.8. The SMILES string of the molecule is O=C1c2ccc(OCCN3CCCC3)cc2-c2cc(OCCN3CCCC3)ccc21. The van der Waals surface area contributed by atoms with Crippen molar-refractivity contribution in [2.45, 2.75) is 25.7 Å². The van der Waals surface area contributed by atoms with Crippen molar-refractivity contribution < 1.29 is 14.3 Å². The summed E-state index contributed by atoms with van der Waals surface area (Å²) in [6.45, 7) is 7.99. The molecule has 2 fully saturated rings. The molecular weight excluding hydrogens is 376 g/mol. The van der Waals surface area contributed by atoms with Crippen LogP contribution in [0.5, 0.6) is 11.5 Å². The highest BCUT2D eigenvalue weighted by atomic mass is 16.5. The normalized spacial score (nSPS) is 18.6. The van der Waals surface area contributed by atoms with Crippen molar-refractivity contribution in [1.29, 1.82) is 0 Å². The summed E-state index contributed by atoms with van der Waals surface area (Å²) in [4.78, 5) is 17.7. The molecule has 2 aromatic carbocycles. The maximum atomic E-state index is 12.8. The number of benzene rings is 2. The molecule has 5 heteroatoms. The third-order valence-corrected chi connectivity index (χ3v) is 6.51. The fraction of sp³-hybridized carbons (Fsp3) is 0.480. The number of hydrogen-bond donors (Lipinski definition) is 0. The number of carbonyl (C=O) groups is 1. The third-order valence-electron chi connectivity index (χ3n) is 6.51. The van der Waals surface area contributed by atoms with E-state index in [9.17, 15) is 4.79 Å². The van der Waals surface area contributed by atoms with Crippen LogP contribution < -0.4 is 9.47 Å². The number of hydrogen-bond acceptors (Lipinski definition) is 5. The fourth-order valence-electron chi connectivity index (χ4n) is 4.81. The molecule has 0 amide bonds. The van der Waals surface area contributed by atoms with E-state index >= 15 is 0 Å². The Bertz CT molecular complexity index is 841. The van der Waals surface area contributed by atoms with Crippen molar-refractivity contribution in [3.05, 3.63) is 47.5 Å². The molecule has 0 N–H and O–H groups in total. The first-order chi connectivity index (χ1) is 14.8. The summed E-state index contributed by atoms with van der Waals surface area (Å²) >= 11 is 0. The summed E-state index contributed by atoms with van der Waals surface area (Å²) in [7, 11) is 0. The van der Waals surface area contributed by atoms with Crippen LogP contribution in [0.4, 0.5) is 0 Å². The van der Waals surface area contributed by atoms with Crippen LogP contribution in [-0.4, -0.2) is 68.1 Å². The topological polar surface area (TPSA) is 42.0 Å². The van der Waals surface area contributed by atoms with Gasteiger partial charge < -0.3 is 9.47 Å². The van der Waals surface area contributed by atoms with Gasteiger partial charge in [0.15, 0.2) is 5.78 Å². The van der Waals surface area contributed by atoms with Crippen molar-refractivity contribution in [3.8, 4) is 22.6 Å². The van der Waals surface area contributed by atoms with Crippen molar-refractivity contribution in [3.63, 3.8) is 0 Å². The maximum Gasteiger partial charge on any atom is 0.194 e. The van der Waals surface area contributed by atoms with Gasteiger partial charge >= 0.3 is 0 Å². The van der Waals surface area contributed by atoms with Gasteiger partial charge in [-0.15, -0.1) is 0 Å². The zero-order valence-corrected chi connectivity index (χ0v) is 17.6. The first kappa shape index (κ1) is 19.6. The minimum atomic E-state index is 0.0900. The molecule has 5 rings (SSSR count). The molecule has 0 radical (unpaired) electrons. The lowest BCUT2D eigenvalue weighted by Crippen LogP contribution is -2.25. The van der Waals surface area contributed by atoms with Gasteiger partial charge in [0, 0.05) is 24.2 Å². The van der Waals surface area contributed by atoms with Crippen LogP contribution in [0.1, 0.15) is 41.6 Å². The Morgan fingerprint density at radius 1 is 0.633 bits per heavy atom. The number of ether oxygens (including phenoxy) is 2. The Kier molecular flexibility index (Phi) is 5.73. The molecule has 2 saturated heterocycles. The number of likely N-dealkylation sites (tertiary alicyclic amines) is 2. The Balaban J connectivity index is 1.26. The summed E-state index contributed by atoms with van der Waals surface area (Å²) < 4.78 is 12.0. The highest BCUT2D eigenvalue weighted by Gasteiger charge is 2.27. The lowest BCUT2D eigenvalue weighted by molar-refractivity contribution is 0.104. The van der Waals surface area contributed by atoms with E-state index in [0.717, 1.165) is 46.8 Å². The van der Waals surface area contributed by atoms with Crippen LogP contribution in [0.25, 0.3) is 11.1 Å². The van der Waals surface area contributed by atoms with Gasteiger partial charge in [0.05, 0.1) is 0 Å². The van der Waals surface area contributed by atoms with Crippen molar-refractivity contribution in [1.82, 2.24) is 9.80 Å². The Hall–Kier alpha value is -2.37. The third kappa shape index (κ3) is 4.09. The molecule has 0 bridgehead atoms. The average Bonchev–Trinajstić information content (AvgIpc) is 3.51. The molecule has 2 aromatic rings. The zero-order valence-electron chi connectivity index (χ0n) is 17.6. The molecule has 2 heterocycles. The average molecular weight is 407 g/mol. The van der Waals surface area contributed by atoms with Crippen molar-refractivity contribution in [2.24, 2.45) is 0 Å². The summed E-state index contributed by atoms with van der Waals surface area (Å²) in [6, 6.07) is 11.7. The molecular formula is C25H30N2O3. The van der Waals surface area contributed by atoms with E-state index in [2.05, 4.69) is 9.80 Å². The molecule has 0 unspecified atom stereocenters. The lowest BCUT2D eigenvalue weighted by atomic mass is 10.1. The van der Waals surface area contributed by atoms with Gasteiger partial charge in [-0.2, -0.15) is 0 Å². The number of rotatable bonds is 8. The second-order valence-corrected chi connectivity index (χ2v) is 8.54. The smallest absolute Gasteiger partial charge is 0.194 e. The van der Waals surface area contributed by atoms with E-state index in [1.165, 1.54) is 51.9 Å². The van der Waals surface area contributed by atoms with Gasteiger partial charge in [-0.1, -0.05) is 0 Å². The second kappa shape index (κ2) is 8.78. The quantitative estimate of drug-likeness (QED) is 0.568. The summed E-state index contributed by atoms with van der Waals surface area (Å²) in [5.74, 6) is 1.75. The predicted octanol–water partition coefficient (Wildman–Crippen LogP) is 3.85. The molecule has 0 saturated carbocycles. The van der Waals surface area contributed by atoms with Crippen LogP contribution in [0, 0.1) is 0 Å². The van der Waals surface area contributed by atoms with Crippen LogP contribution in [0.3, 0.4) is 0 Å². The van der Waals surface area contributed by atoms with Crippen molar-refractivity contribution >= 4 is 5.78 Å². The van der Waals surface area contributed by atoms with Crippen LogP contribution >= 0.6 is 0 Å². The minimum Gasteiger partial charge on any atom is -0.492 e. The number of carbonyl (C=O) groups excluding carboxylic acids is 1. The predicted molar refractivity (Wildman–Crippen MR) is 118 cm³/mol. The molecule has 1 aliphatic carbocycles. The number of ketones is 1. The molecule has 5 nitrogen and oxygen atoms in total. The van der Waals surface area contributed by atoms with E-state index in [1.54, 1.807) is 0 Å². The highest BCUT2D eigenvalue weighted by molar-refractivity contribution is 6.21. The van der Waals surface area contributed by atoms with E-state index < -0.39 is 0 Å². The molecule has 0 spiro atoms. The van der Waals surface area contributed by atoms with Gasteiger partial charge in [-0.3, -0.25) is 14.6 Å². The zero-order chi connectivity index (χ0) is 20.3. The summed E-state index contributed by atoms with van der Waals surface area (Å²) in [6.07, 6.45) is 5.17. The fourth-order valence-corrected chi connectivity index (χ4v) is 4.81. The van der Waals surface area contributed by atoms with Gasteiger partial charge in [0.1, 0.15) is 24.7 Å². The number of nitrogens with zero attached hydrogens (tertiary/aromatic N) is 2. The molecule has 0 atom stereocenters. The Morgan fingerprint density at radius 2 is 1.07 bits per heavy atom. The largest absolute Gasteiger partial charge is 0.492 e. The van der Waals surface area contributed by atoms with E-state index in [1.807, 2.05) is 36.4 Å². The summed E-state index contributed by atoms with van der Waals surface area (Å²) in [5, 5.41) is 0. The standard InChI is InChI=1S/C25H30N2O3/c28-25-21-7-5-19(29-15-13-26-9-1-2-10-26)17-23(21)24-18-20(6-8-22(24)25)30-16-14-27-11-3-4-12-27/h5-8,17-18H,1-4,9-16H2. The summed E-state index contributed by atoms with van der Waals surface area (Å²) in [5.41, 5.74) is 3.43. The molecule has 30 heavy (non-hydrogen) atoms. The second-order valence-electron chi connectivity index (χ2n) is 8.54. The monoisotopic (exact) mass is 406 g/mol.